The van der Waals surface area contributed by atoms with Crippen LogP contribution in [0.4, 0.5) is 4.79 Å². The summed E-state index contributed by atoms with van der Waals surface area (Å²) in [4.78, 5) is 17.7. The van der Waals surface area contributed by atoms with Crippen LogP contribution < -0.4 is 10.6 Å². The van der Waals surface area contributed by atoms with E-state index in [9.17, 15) is 4.79 Å². The number of amides is 2. The molecule has 162 valence electrons. The topological polar surface area (TPSA) is 47.6 Å². The molecular formula is C24H40N4O. The van der Waals surface area contributed by atoms with Crippen LogP contribution in [0.15, 0.2) is 30.3 Å². The van der Waals surface area contributed by atoms with Crippen molar-refractivity contribution in [3.8, 4) is 0 Å². The van der Waals surface area contributed by atoms with E-state index in [1.165, 1.54) is 31.2 Å². The largest absolute Gasteiger partial charge is 0.335 e. The number of carbonyl (C=O) groups excluding carboxylic acids is 1. The van der Waals surface area contributed by atoms with Crippen LogP contribution >= 0.6 is 0 Å². The zero-order chi connectivity index (χ0) is 20.6. The number of piperazine rings is 1. The molecule has 0 bridgehead atoms. The first-order chi connectivity index (χ1) is 14.0. The number of hydrogen-bond donors (Lipinski definition) is 2. The van der Waals surface area contributed by atoms with Crippen LogP contribution in [-0.4, -0.2) is 61.6 Å². The van der Waals surface area contributed by atoms with Crippen LogP contribution in [0.2, 0.25) is 0 Å². The third-order valence-corrected chi connectivity index (χ3v) is 6.63. The summed E-state index contributed by atoms with van der Waals surface area (Å²) >= 11 is 0. The molecule has 1 aromatic carbocycles. The molecule has 0 aromatic heterocycles. The molecule has 2 amide bonds. The Hall–Kier alpha value is -1.59. The Bertz CT molecular complexity index is 613. The van der Waals surface area contributed by atoms with Crippen LogP contribution in [0.25, 0.3) is 0 Å². The van der Waals surface area contributed by atoms with Gasteiger partial charge < -0.3 is 15.5 Å². The molecule has 0 spiro atoms. The lowest BCUT2D eigenvalue weighted by Crippen LogP contribution is -2.50. The lowest BCUT2D eigenvalue weighted by atomic mass is 9.94. The predicted molar refractivity (Wildman–Crippen MR) is 120 cm³/mol. The first-order valence-corrected chi connectivity index (χ1v) is 11.5. The van der Waals surface area contributed by atoms with Crippen molar-refractivity contribution >= 4 is 6.03 Å². The van der Waals surface area contributed by atoms with Gasteiger partial charge in [-0.1, -0.05) is 57.0 Å². The number of urea groups is 1. The van der Waals surface area contributed by atoms with E-state index >= 15 is 0 Å². The molecule has 3 unspecified atom stereocenters. The molecule has 1 aliphatic carbocycles. The minimum Gasteiger partial charge on any atom is -0.335 e. The number of likely N-dealkylation sites (N-methyl/N-ethyl adjacent to an activating group) is 1. The summed E-state index contributed by atoms with van der Waals surface area (Å²) in [6, 6.07) is 10.8. The van der Waals surface area contributed by atoms with Crippen molar-refractivity contribution in [2.75, 3.05) is 39.8 Å². The highest BCUT2D eigenvalue weighted by Gasteiger charge is 2.29. The van der Waals surface area contributed by atoms with Crippen molar-refractivity contribution in [1.82, 2.24) is 20.4 Å². The minimum absolute atomic E-state index is 0.00516. The lowest BCUT2D eigenvalue weighted by molar-refractivity contribution is 0.142. The second kappa shape index (κ2) is 11.0. The third-order valence-electron chi connectivity index (χ3n) is 6.63. The summed E-state index contributed by atoms with van der Waals surface area (Å²) in [7, 11) is 2.18. The van der Waals surface area contributed by atoms with Crippen molar-refractivity contribution in [1.29, 1.82) is 0 Å². The Kier molecular flexibility index (Phi) is 8.37. The van der Waals surface area contributed by atoms with Gasteiger partial charge in [0.2, 0.25) is 0 Å². The summed E-state index contributed by atoms with van der Waals surface area (Å²) in [5.74, 6) is 1.37. The van der Waals surface area contributed by atoms with E-state index < -0.39 is 0 Å². The van der Waals surface area contributed by atoms with E-state index in [0.29, 0.717) is 12.0 Å². The Morgan fingerprint density at radius 3 is 2.52 bits per heavy atom. The molecule has 2 N–H and O–H groups in total. The van der Waals surface area contributed by atoms with Crippen molar-refractivity contribution in [2.45, 2.75) is 58.0 Å². The molecule has 3 atom stereocenters. The van der Waals surface area contributed by atoms with Gasteiger partial charge in [0.05, 0.1) is 6.04 Å². The maximum atomic E-state index is 12.9. The van der Waals surface area contributed by atoms with E-state index in [4.69, 9.17) is 0 Å². The summed E-state index contributed by atoms with van der Waals surface area (Å²) in [5.41, 5.74) is 1.18. The molecule has 5 nitrogen and oxygen atoms in total. The fourth-order valence-corrected chi connectivity index (χ4v) is 4.70. The summed E-state index contributed by atoms with van der Waals surface area (Å²) in [6.07, 6.45) is 6.08. The Balaban J connectivity index is 1.57. The molecule has 5 heteroatoms. The molecule has 2 aliphatic rings. The van der Waals surface area contributed by atoms with E-state index in [0.717, 1.165) is 45.1 Å². The van der Waals surface area contributed by atoms with Gasteiger partial charge in [-0.3, -0.25) is 4.90 Å². The average molecular weight is 401 g/mol. The Labute approximate surface area is 177 Å². The van der Waals surface area contributed by atoms with Gasteiger partial charge in [-0.05, 0) is 43.7 Å². The zero-order valence-corrected chi connectivity index (χ0v) is 18.6. The van der Waals surface area contributed by atoms with Crippen LogP contribution in [0.1, 0.15) is 57.6 Å². The van der Waals surface area contributed by atoms with Crippen molar-refractivity contribution in [3.63, 3.8) is 0 Å². The smallest absolute Gasteiger partial charge is 0.315 e. The van der Waals surface area contributed by atoms with E-state index in [-0.39, 0.29) is 12.1 Å². The molecule has 1 heterocycles. The summed E-state index contributed by atoms with van der Waals surface area (Å²) in [5, 5.41) is 6.62. The first kappa shape index (κ1) is 22.1. The number of nitrogens with one attached hydrogen (secondary N) is 2. The highest BCUT2D eigenvalue weighted by molar-refractivity contribution is 5.75. The number of benzene rings is 1. The second-order valence-electron chi connectivity index (χ2n) is 9.45. The molecule has 1 saturated heterocycles. The van der Waals surface area contributed by atoms with Gasteiger partial charge in [0.25, 0.3) is 0 Å². The van der Waals surface area contributed by atoms with Gasteiger partial charge in [-0.15, -0.1) is 0 Å². The van der Waals surface area contributed by atoms with Crippen LogP contribution in [0.3, 0.4) is 0 Å². The van der Waals surface area contributed by atoms with E-state index in [1.807, 2.05) is 6.07 Å². The van der Waals surface area contributed by atoms with Crippen molar-refractivity contribution in [3.05, 3.63) is 35.9 Å². The van der Waals surface area contributed by atoms with Gasteiger partial charge in [0, 0.05) is 38.8 Å². The van der Waals surface area contributed by atoms with Crippen LogP contribution in [-0.2, 0) is 0 Å². The molecule has 3 rings (SSSR count). The molecular weight excluding hydrogens is 360 g/mol. The van der Waals surface area contributed by atoms with Crippen molar-refractivity contribution in [2.24, 2.45) is 11.8 Å². The molecule has 1 aromatic rings. The number of hydrogen-bond acceptors (Lipinski definition) is 3. The second-order valence-corrected chi connectivity index (χ2v) is 9.45. The van der Waals surface area contributed by atoms with Gasteiger partial charge >= 0.3 is 6.03 Å². The third kappa shape index (κ3) is 7.00. The van der Waals surface area contributed by atoms with Crippen LogP contribution in [0, 0.1) is 11.8 Å². The van der Waals surface area contributed by atoms with Gasteiger partial charge in [-0.25, -0.2) is 4.79 Å². The quantitative estimate of drug-likeness (QED) is 0.696. The normalized spacial score (nSPS) is 24.6. The molecule has 29 heavy (non-hydrogen) atoms. The highest BCUT2D eigenvalue weighted by atomic mass is 16.2. The number of rotatable bonds is 8. The highest BCUT2D eigenvalue weighted by Crippen LogP contribution is 2.30. The fraction of sp³-hybridized carbons (Fsp3) is 0.708. The molecule has 2 fully saturated rings. The maximum absolute atomic E-state index is 12.9. The van der Waals surface area contributed by atoms with E-state index in [1.54, 1.807) is 0 Å². The van der Waals surface area contributed by atoms with Gasteiger partial charge in [0.1, 0.15) is 0 Å². The molecule has 0 radical (unpaired) electrons. The summed E-state index contributed by atoms with van der Waals surface area (Å²) < 4.78 is 0. The molecule has 1 aliphatic heterocycles. The van der Waals surface area contributed by atoms with Crippen molar-refractivity contribution < 1.29 is 4.79 Å². The maximum Gasteiger partial charge on any atom is 0.315 e. The standard InChI is InChI=1S/C24H40N4O/c1-19(2)12-13-21-10-7-11-22(21)25-24(29)26-23(20-8-5-4-6-9-20)18-28-16-14-27(3)15-17-28/h4-6,8-9,19,21-23H,7,10-18H2,1-3H3,(H2,25,26,29). The van der Waals surface area contributed by atoms with Crippen LogP contribution in [0.5, 0.6) is 0 Å². The minimum atomic E-state index is -0.00516. The number of nitrogens with zero attached hydrogens (tertiary/aromatic N) is 2. The summed E-state index contributed by atoms with van der Waals surface area (Å²) in [6.45, 7) is 9.74. The fourth-order valence-electron chi connectivity index (χ4n) is 4.70. The Morgan fingerprint density at radius 2 is 1.83 bits per heavy atom. The van der Waals surface area contributed by atoms with Gasteiger partial charge in [-0.2, -0.15) is 0 Å². The predicted octanol–water partition coefficient (Wildman–Crippen LogP) is 3.88. The van der Waals surface area contributed by atoms with E-state index in [2.05, 4.69) is 65.6 Å². The first-order valence-electron chi connectivity index (χ1n) is 11.5. The zero-order valence-electron chi connectivity index (χ0n) is 18.6. The average Bonchev–Trinajstić information content (AvgIpc) is 3.15. The SMILES string of the molecule is CC(C)CCC1CCCC1NC(=O)NC(CN1CCN(C)CC1)c1ccccc1. The molecule has 1 saturated carbocycles. The monoisotopic (exact) mass is 400 g/mol. The lowest BCUT2D eigenvalue weighted by Gasteiger charge is -2.35. The number of carbonyl (C=O) groups is 1. The van der Waals surface area contributed by atoms with Gasteiger partial charge in [0.15, 0.2) is 0 Å². The Morgan fingerprint density at radius 1 is 1.10 bits per heavy atom.